The van der Waals surface area contributed by atoms with Gasteiger partial charge in [0.1, 0.15) is 0 Å². The van der Waals surface area contributed by atoms with Crippen molar-refractivity contribution in [2.75, 3.05) is 19.7 Å². The van der Waals surface area contributed by atoms with Gasteiger partial charge in [-0.25, -0.2) is 4.79 Å². The van der Waals surface area contributed by atoms with E-state index in [4.69, 9.17) is 4.74 Å². The molecule has 3 aliphatic rings. The van der Waals surface area contributed by atoms with Gasteiger partial charge in [-0.05, 0) is 44.2 Å². The van der Waals surface area contributed by atoms with Crippen molar-refractivity contribution >= 4 is 23.3 Å². The van der Waals surface area contributed by atoms with Gasteiger partial charge in [-0.1, -0.05) is 0 Å². The number of nitrogens with one attached hydrogen (secondary N) is 1. The van der Waals surface area contributed by atoms with E-state index in [0.29, 0.717) is 19.7 Å². The topological polar surface area (TPSA) is 61.9 Å². The fourth-order valence-electron chi connectivity index (χ4n) is 3.68. The number of nitrogens with zero attached hydrogens (tertiary/aromatic N) is 2. The zero-order valence-corrected chi connectivity index (χ0v) is 15.4. The van der Waals surface area contributed by atoms with Crippen LogP contribution in [0.4, 0.5) is 4.79 Å². The molecule has 0 aromatic carbocycles. The summed E-state index contributed by atoms with van der Waals surface area (Å²) in [6.45, 7) is 5.50. The summed E-state index contributed by atoms with van der Waals surface area (Å²) in [6.07, 6.45) is 3.97. The Morgan fingerprint density at radius 3 is 2.64 bits per heavy atom. The van der Waals surface area contributed by atoms with E-state index in [0.717, 1.165) is 36.9 Å². The van der Waals surface area contributed by atoms with Gasteiger partial charge < -0.3 is 15.0 Å². The van der Waals surface area contributed by atoms with Crippen molar-refractivity contribution in [1.82, 2.24) is 15.1 Å². The lowest BCUT2D eigenvalue weighted by molar-refractivity contribution is 0.0862. The van der Waals surface area contributed by atoms with Crippen molar-refractivity contribution in [3.8, 4) is 0 Å². The highest BCUT2D eigenvalue weighted by molar-refractivity contribution is 7.14. The fourth-order valence-corrected chi connectivity index (χ4v) is 4.78. The average molecular weight is 363 g/mol. The molecule has 2 amide bonds. The predicted molar refractivity (Wildman–Crippen MR) is 95.7 cm³/mol. The number of hydrogen-bond donors (Lipinski definition) is 1. The molecule has 0 radical (unpaired) electrons. The van der Waals surface area contributed by atoms with Crippen molar-refractivity contribution in [1.29, 1.82) is 0 Å². The largest absolute Gasteiger partial charge is 0.450 e. The second-order valence-electron chi connectivity index (χ2n) is 7.13. The van der Waals surface area contributed by atoms with Crippen LogP contribution in [0.3, 0.4) is 0 Å². The lowest BCUT2D eigenvalue weighted by Gasteiger charge is -2.31. The van der Waals surface area contributed by atoms with Crippen LogP contribution in [0.2, 0.25) is 0 Å². The molecule has 136 valence electrons. The third-order valence-corrected chi connectivity index (χ3v) is 6.42. The maximum absolute atomic E-state index is 12.5. The predicted octanol–water partition coefficient (Wildman–Crippen LogP) is 2.58. The van der Waals surface area contributed by atoms with Crippen LogP contribution >= 0.6 is 11.3 Å². The van der Waals surface area contributed by atoms with Crippen molar-refractivity contribution in [2.24, 2.45) is 0 Å². The molecule has 3 heterocycles. The molecule has 1 aromatic heterocycles. The smallest absolute Gasteiger partial charge is 0.409 e. The zero-order valence-electron chi connectivity index (χ0n) is 14.6. The second-order valence-corrected chi connectivity index (χ2v) is 8.27. The Morgan fingerprint density at radius 1 is 1.24 bits per heavy atom. The summed E-state index contributed by atoms with van der Waals surface area (Å²) in [7, 11) is 0. The molecule has 4 rings (SSSR count). The summed E-state index contributed by atoms with van der Waals surface area (Å²) in [5, 5.41) is 3.14. The van der Waals surface area contributed by atoms with E-state index in [2.05, 4.69) is 16.3 Å². The van der Waals surface area contributed by atoms with Crippen LogP contribution in [0.15, 0.2) is 6.07 Å². The third-order valence-electron chi connectivity index (χ3n) is 5.26. The van der Waals surface area contributed by atoms with E-state index >= 15 is 0 Å². The van der Waals surface area contributed by atoms with Crippen LogP contribution in [0.1, 0.15) is 52.7 Å². The lowest BCUT2D eigenvalue weighted by atomic mass is 10.1. The van der Waals surface area contributed by atoms with Crippen molar-refractivity contribution < 1.29 is 14.3 Å². The molecular weight excluding hydrogens is 338 g/mol. The highest BCUT2D eigenvalue weighted by Gasteiger charge is 2.34. The quantitative estimate of drug-likeness (QED) is 0.893. The Bertz CT molecular complexity index is 639. The van der Waals surface area contributed by atoms with Gasteiger partial charge >= 0.3 is 6.09 Å². The molecule has 2 fully saturated rings. The minimum atomic E-state index is -0.248. The molecule has 0 bridgehead atoms. The van der Waals surface area contributed by atoms with Crippen LogP contribution in [-0.4, -0.2) is 53.6 Å². The van der Waals surface area contributed by atoms with Gasteiger partial charge in [-0.15, -0.1) is 11.3 Å². The monoisotopic (exact) mass is 363 g/mol. The number of carbonyl (C=O) groups is 2. The second kappa shape index (κ2) is 6.96. The van der Waals surface area contributed by atoms with E-state index in [9.17, 15) is 9.59 Å². The first kappa shape index (κ1) is 16.8. The molecular formula is C18H25N3O3S. The number of thiophene rings is 1. The third kappa shape index (κ3) is 3.67. The number of carbonyl (C=O) groups excluding carboxylic acids is 2. The average Bonchev–Trinajstić information content (AvgIpc) is 3.25. The summed E-state index contributed by atoms with van der Waals surface area (Å²) >= 11 is 1.64. The molecule has 1 aromatic rings. The maximum atomic E-state index is 12.5. The standard InChI is InChI=1S/C18H25N3O3S/c1-2-24-18(23)20-7-5-13(6-8-20)19-17(22)15-9-12-10-21(14-3-4-14)11-16(12)25-15/h9,13-14H,2-8,10-11H2,1H3,(H,19,22). The van der Waals surface area contributed by atoms with Crippen molar-refractivity contribution in [3.63, 3.8) is 0 Å². The Hall–Kier alpha value is -1.60. The van der Waals surface area contributed by atoms with Gasteiger partial charge in [-0.2, -0.15) is 0 Å². The Balaban J connectivity index is 1.27. The van der Waals surface area contributed by atoms with Gasteiger partial charge in [-0.3, -0.25) is 9.69 Å². The summed E-state index contributed by atoms with van der Waals surface area (Å²) < 4.78 is 5.03. The molecule has 25 heavy (non-hydrogen) atoms. The van der Waals surface area contributed by atoms with E-state index < -0.39 is 0 Å². The summed E-state index contributed by atoms with van der Waals surface area (Å²) in [6, 6.07) is 2.99. The number of likely N-dealkylation sites (tertiary alicyclic amines) is 1. The molecule has 0 atom stereocenters. The highest BCUT2D eigenvalue weighted by Crippen LogP contribution is 2.38. The van der Waals surface area contributed by atoms with Crippen molar-refractivity contribution in [3.05, 3.63) is 21.4 Å². The minimum Gasteiger partial charge on any atom is -0.450 e. The molecule has 1 saturated heterocycles. The van der Waals surface area contributed by atoms with Gasteiger partial charge in [0.15, 0.2) is 0 Å². The first-order valence-corrected chi connectivity index (χ1v) is 10.0. The number of fused-ring (bicyclic) bond motifs is 1. The number of rotatable bonds is 4. The van der Waals surface area contributed by atoms with Gasteiger partial charge in [0.25, 0.3) is 5.91 Å². The van der Waals surface area contributed by atoms with Crippen LogP contribution in [0.5, 0.6) is 0 Å². The minimum absolute atomic E-state index is 0.0342. The van der Waals surface area contributed by atoms with Gasteiger partial charge in [0.05, 0.1) is 11.5 Å². The lowest BCUT2D eigenvalue weighted by Crippen LogP contribution is -2.46. The summed E-state index contributed by atoms with van der Waals surface area (Å²) in [5.41, 5.74) is 1.33. The van der Waals surface area contributed by atoms with Crippen LogP contribution < -0.4 is 5.32 Å². The van der Waals surface area contributed by atoms with Gasteiger partial charge in [0.2, 0.25) is 0 Å². The normalized spacial score (nSPS) is 21.2. The fraction of sp³-hybridized carbons (Fsp3) is 0.667. The van der Waals surface area contributed by atoms with Crippen molar-refractivity contribution in [2.45, 2.75) is 57.8 Å². The maximum Gasteiger partial charge on any atom is 0.409 e. The Labute approximate surface area is 152 Å². The number of piperidine rings is 1. The van der Waals surface area contributed by atoms with E-state index in [1.54, 1.807) is 16.2 Å². The SMILES string of the molecule is CCOC(=O)N1CCC(NC(=O)c2cc3c(s2)CN(C2CC2)C3)CC1. The highest BCUT2D eigenvalue weighted by atomic mass is 32.1. The van der Waals surface area contributed by atoms with Crippen LogP contribution in [0.25, 0.3) is 0 Å². The molecule has 6 nitrogen and oxygen atoms in total. The molecule has 7 heteroatoms. The zero-order chi connectivity index (χ0) is 17.4. The number of ether oxygens (including phenoxy) is 1. The molecule has 1 aliphatic carbocycles. The molecule has 1 saturated carbocycles. The molecule has 0 unspecified atom stereocenters. The molecule has 0 spiro atoms. The molecule has 2 aliphatic heterocycles. The first-order valence-electron chi connectivity index (χ1n) is 9.22. The summed E-state index contributed by atoms with van der Waals surface area (Å²) in [5.74, 6) is 0.0342. The van der Waals surface area contributed by atoms with Gasteiger partial charge in [0, 0.05) is 43.1 Å². The Kier molecular flexibility index (Phi) is 4.69. The van der Waals surface area contributed by atoms with Crippen LogP contribution in [-0.2, 0) is 17.8 Å². The molecule has 1 N–H and O–H groups in total. The van der Waals surface area contributed by atoms with E-state index in [-0.39, 0.29) is 18.0 Å². The first-order chi connectivity index (χ1) is 12.1. The number of hydrogen-bond acceptors (Lipinski definition) is 5. The van der Waals surface area contributed by atoms with E-state index in [1.165, 1.54) is 23.3 Å². The summed E-state index contributed by atoms with van der Waals surface area (Å²) in [4.78, 5) is 30.7. The van der Waals surface area contributed by atoms with E-state index in [1.807, 2.05) is 6.92 Å². The van der Waals surface area contributed by atoms with Crippen LogP contribution in [0, 0.1) is 0 Å². The number of amides is 2. The Morgan fingerprint density at radius 2 is 2.00 bits per heavy atom.